The first kappa shape index (κ1) is 45.6. The third-order valence-corrected chi connectivity index (χ3v) is 10.3. The third kappa shape index (κ3) is 28.9. The number of aryl methyl sites for hydroxylation is 1. The monoisotopic (exact) mass is 690 g/mol. The van der Waals surface area contributed by atoms with Crippen molar-refractivity contribution in [1.29, 1.82) is 0 Å². The fourth-order valence-corrected chi connectivity index (χ4v) is 7.05. The lowest BCUT2D eigenvalue weighted by Crippen LogP contribution is -2.34. The molecule has 0 bridgehead atoms. The highest BCUT2D eigenvalue weighted by Crippen LogP contribution is 2.21. The average molecular weight is 690 g/mol. The van der Waals surface area contributed by atoms with Crippen molar-refractivity contribution < 1.29 is 14.6 Å². The summed E-state index contributed by atoms with van der Waals surface area (Å²) in [5.74, 6) is 0.153. The number of ether oxygens (including phenoxy) is 1. The Morgan fingerprint density at radius 2 is 1.10 bits per heavy atom. The Morgan fingerprint density at radius 1 is 0.633 bits per heavy atom. The van der Waals surface area contributed by atoms with Crippen molar-refractivity contribution >= 4 is 5.97 Å². The van der Waals surface area contributed by atoms with E-state index in [-0.39, 0.29) is 18.0 Å². The van der Waals surface area contributed by atoms with Crippen LogP contribution in [-0.4, -0.2) is 57.9 Å². The van der Waals surface area contributed by atoms with Gasteiger partial charge >= 0.3 is 5.97 Å². The van der Waals surface area contributed by atoms with Crippen molar-refractivity contribution in [2.75, 3.05) is 26.2 Å². The fourth-order valence-electron chi connectivity index (χ4n) is 7.05. The van der Waals surface area contributed by atoms with Crippen LogP contribution in [0.4, 0.5) is 0 Å². The van der Waals surface area contributed by atoms with Crippen LogP contribution in [0.1, 0.15) is 207 Å². The molecule has 0 fully saturated rings. The molecule has 1 aromatic heterocycles. The molecule has 1 aromatic rings. The largest absolute Gasteiger partial charge is 0.465 e. The van der Waals surface area contributed by atoms with Gasteiger partial charge in [-0.2, -0.15) is 0 Å². The predicted octanol–water partition coefficient (Wildman–Crippen LogP) is 12.1. The van der Waals surface area contributed by atoms with Gasteiger partial charge in [0.25, 0.3) is 0 Å². The van der Waals surface area contributed by atoms with Gasteiger partial charge in [0.05, 0.1) is 25.0 Å². The van der Waals surface area contributed by atoms with Crippen molar-refractivity contribution in [2.45, 2.75) is 220 Å². The molecule has 0 spiro atoms. The van der Waals surface area contributed by atoms with E-state index < -0.39 is 0 Å². The van der Waals surface area contributed by atoms with Gasteiger partial charge in [-0.15, -0.1) is 0 Å². The van der Waals surface area contributed by atoms with Crippen molar-refractivity contribution in [3.63, 3.8) is 0 Å². The van der Waals surface area contributed by atoms with E-state index in [1.54, 1.807) is 0 Å². The molecule has 0 saturated heterocycles. The summed E-state index contributed by atoms with van der Waals surface area (Å²) in [5.41, 5.74) is 0. The van der Waals surface area contributed by atoms with Gasteiger partial charge in [0.2, 0.25) is 0 Å². The average Bonchev–Trinajstić information content (AvgIpc) is 3.63. The Labute approximate surface area is 304 Å². The molecule has 2 atom stereocenters. The maximum absolute atomic E-state index is 13.0. The van der Waals surface area contributed by atoms with Gasteiger partial charge < -0.3 is 19.3 Å². The molecule has 0 radical (unpaired) electrons. The first-order valence-electron chi connectivity index (χ1n) is 21.6. The molecule has 0 aliphatic carbocycles. The minimum absolute atomic E-state index is 0.0586. The Bertz CT molecular complexity index is 802. The number of carbonyl (C=O) groups is 1. The summed E-state index contributed by atoms with van der Waals surface area (Å²) in [6.07, 6.45) is 40.9. The van der Waals surface area contributed by atoms with Crippen LogP contribution in [0, 0.1) is 5.92 Å². The molecule has 0 amide bonds. The lowest BCUT2D eigenvalue weighted by molar-refractivity contribution is -0.149. The summed E-state index contributed by atoms with van der Waals surface area (Å²) < 4.78 is 7.99. The number of aliphatic hydroxyl groups excluding tert-OH is 1. The van der Waals surface area contributed by atoms with Gasteiger partial charge in [-0.25, -0.2) is 4.98 Å². The van der Waals surface area contributed by atoms with E-state index in [4.69, 9.17) is 4.74 Å². The lowest BCUT2D eigenvalue weighted by atomic mass is 9.94. The summed E-state index contributed by atoms with van der Waals surface area (Å²) in [6.45, 7) is 11.2. The van der Waals surface area contributed by atoms with Crippen LogP contribution in [0.3, 0.4) is 0 Å². The molecule has 0 aliphatic heterocycles. The molecule has 6 heteroatoms. The van der Waals surface area contributed by atoms with E-state index >= 15 is 0 Å². The van der Waals surface area contributed by atoms with Crippen LogP contribution < -0.4 is 0 Å². The maximum atomic E-state index is 13.0. The summed E-state index contributed by atoms with van der Waals surface area (Å²) in [4.78, 5) is 19.6. The number of carbonyl (C=O) groups excluding carboxylic acids is 1. The normalized spacial score (nSPS) is 12.9. The molecular formula is C43H83N3O3. The molecule has 288 valence electrons. The van der Waals surface area contributed by atoms with Crippen molar-refractivity contribution in [2.24, 2.45) is 5.92 Å². The van der Waals surface area contributed by atoms with Crippen LogP contribution in [0.2, 0.25) is 0 Å². The quantitative estimate of drug-likeness (QED) is 0.0553. The number of imidazole rings is 1. The summed E-state index contributed by atoms with van der Waals surface area (Å²) in [6, 6.07) is 0. The number of aliphatic hydroxyl groups is 1. The molecule has 0 saturated carbocycles. The Balaban J connectivity index is 2.32. The van der Waals surface area contributed by atoms with Crippen molar-refractivity contribution in [3.8, 4) is 0 Å². The Hall–Kier alpha value is -1.40. The zero-order chi connectivity index (χ0) is 35.5. The van der Waals surface area contributed by atoms with Crippen LogP contribution in [0.15, 0.2) is 18.7 Å². The molecule has 6 nitrogen and oxygen atoms in total. The van der Waals surface area contributed by atoms with Gasteiger partial charge in [-0.3, -0.25) is 4.79 Å². The number of hydrogen-bond donors (Lipinski definition) is 1. The second kappa shape index (κ2) is 35.0. The van der Waals surface area contributed by atoms with E-state index in [0.717, 1.165) is 103 Å². The standard InChI is InChI=1S/C43H83N3O3/c1-4-7-10-13-15-16-17-18-20-25-32-42(47)39-45(35-27-28-36-46-37-33-44-40-46)34-26-21-22-29-38-49-43(48)41(30-23-12-9-6-3)31-24-19-14-11-8-5-2/h33,37,40-42,47H,4-32,34-36,38-39H2,1-3H3. The number of aromatic nitrogens is 2. The molecule has 2 unspecified atom stereocenters. The molecule has 1 rings (SSSR count). The summed E-state index contributed by atoms with van der Waals surface area (Å²) in [7, 11) is 0. The van der Waals surface area contributed by atoms with Gasteiger partial charge in [0.1, 0.15) is 0 Å². The van der Waals surface area contributed by atoms with Gasteiger partial charge in [-0.1, -0.05) is 162 Å². The first-order chi connectivity index (χ1) is 24.1. The minimum Gasteiger partial charge on any atom is -0.465 e. The second-order valence-electron chi connectivity index (χ2n) is 15.1. The number of unbranched alkanes of at least 4 members (excludes halogenated alkanes) is 21. The SMILES string of the molecule is CCCCCCCCCCCCC(O)CN(CCCCCCOC(=O)C(CCCCCC)CCCCCCCC)CCCCn1ccnc1. The highest BCUT2D eigenvalue weighted by Gasteiger charge is 2.19. The third-order valence-electron chi connectivity index (χ3n) is 10.3. The smallest absolute Gasteiger partial charge is 0.308 e. The van der Waals surface area contributed by atoms with E-state index in [1.165, 1.54) is 109 Å². The fraction of sp³-hybridized carbons (Fsp3) is 0.907. The molecule has 0 aromatic carbocycles. The maximum Gasteiger partial charge on any atom is 0.308 e. The highest BCUT2D eigenvalue weighted by molar-refractivity contribution is 5.72. The van der Waals surface area contributed by atoms with Crippen LogP contribution >= 0.6 is 0 Å². The number of esters is 1. The van der Waals surface area contributed by atoms with E-state index in [1.807, 2.05) is 18.7 Å². The van der Waals surface area contributed by atoms with Gasteiger partial charge in [0, 0.05) is 25.5 Å². The second-order valence-corrected chi connectivity index (χ2v) is 15.1. The summed E-state index contributed by atoms with van der Waals surface area (Å²) in [5, 5.41) is 10.9. The van der Waals surface area contributed by atoms with Gasteiger partial charge in [0.15, 0.2) is 0 Å². The van der Waals surface area contributed by atoms with Gasteiger partial charge in [-0.05, 0) is 58.0 Å². The highest BCUT2D eigenvalue weighted by atomic mass is 16.5. The summed E-state index contributed by atoms with van der Waals surface area (Å²) >= 11 is 0. The molecule has 1 N–H and O–H groups in total. The van der Waals surface area contributed by atoms with E-state index in [9.17, 15) is 9.90 Å². The van der Waals surface area contributed by atoms with Crippen LogP contribution in [-0.2, 0) is 16.1 Å². The Morgan fingerprint density at radius 3 is 1.65 bits per heavy atom. The topological polar surface area (TPSA) is 67.6 Å². The van der Waals surface area contributed by atoms with Crippen LogP contribution in [0.25, 0.3) is 0 Å². The van der Waals surface area contributed by atoms with Crippen LogP contribution in [0.5, 0.6) is 0 Å². The number of nitrogens with zero attached hydrogens (tertiary/aromatic N) is 3. The zero-order valence-electron chi connectivity index (χ0n) is 33.0. The Kier molecular flexibility index (Phi) is 32.6. The molecular weight excluding hydrogens is 606 g/mol. The predicted molar refractivity (Wildman–Crippen MR) is 210 cm³/mol. The number of hydrogen-bond acceptors (Lipinski definition) is 5. The lowest BCUT2D eigenvalue weighted by Gasteiger charge is -2.25. The van der Waals surface area contributed by atoms with Crippen molar-refractivity contribution in [3.05, 3.63) is 18.7 Å². The zero-order valence-corrected chi connectivity index (χ0v) is 33.0. The van der Waals surface area contributed by atoms with Crippen molar-refractivity contribution in [1.82, 2.24) is 14.5 Å². The van der Waals surface area contributed by atoms with E-state index in [2.05, 4.69) is 35.2 Å². The molecule has 0 aliphatic rings. The van der Waals surface area contributed by atoms with E-state index in [0.29, 0.717) is 6.61 Å². The number of rotatable bonds is 38. The first-order valence-corrected chi connectivity index (χ1v) is 21.6. The minimum atomic E-state index is -0.228. The molecule has 1 heterocycles. The molecule has 49 heavy (non-hydrogen) atoms.